The number of carbonyl (C=O) groups is 1. The Hall–Kier alpha value is -0.370. The molecule has 1 fully saturated rings. The Morgan fingerprint density at radius 2 is 2.15 bits per heavy atom. The van der Waals surface area contributed by atoms with Crippen molar-refractivity contribution in [3.8, 4) is 0 Å². The van der Waals surface area contributed by atoms with Gasteiger partial charge in [-0.3, -0.25) is 4.79 Å². The summed E-state index contributed by atoms with van der Waals surface area (Å²) in [4.78, 5) is 12.6. The number of piperidine rings is 1. The number of ether oxygens (including phenoxy) is 1. The molecule has 1 saturated heterocycles. The highest BCUT2D eigenvalue weighted by molar-refractivity contribution is 14.1. The predicted octanol–water partition coefficient (Wildman–Crippen LogP) is 2.67. The normalized spacial score (nSPS) is 17.1. The standard InChI is InChI=1S/C14H19IN2O2.ClH/c1-19-10-14(5-7-16-8-6-14)13(18)17-12-4-2-3-11(15)9-12;/h2-4,9,16H,5-8,10H2,1H3,(H,17,18);1H. The molecule has 2 N–H and O–H groups in total. The maximum absolute atomic E-state index is 12.6. The van der Waals surface area contributed by atoms with Crippen LogP contribution in [-0.4, -0.2) is 32.7 Å². The summed E-state index contributed by atoms with van der Waals surface area (Å²) in [6.07, 6.45) is 1.63. The fraction of sp³-hybridized carbons (Fsp3) is 0.500. The molecule has 0 spiro atoms. The first kappa shape index (κ1) is 17.7. The first-order chi connectivity index (χ1) is 9.16. The fourth-order valence-electron chi connectivity index (χ4n) is 2.45. The average Bonchev–Trinajstić information content (AvgIpc) is 2.40. The molecule has 112 valence electrons. The van der Waals surface area contributed by atoms with E-state index in [2.05, 4.69) is 33.2 Å². The van der Waals surface area contributed by atoms with Gasteiger partial charge >= 0.3 is 0 Å². The first-order valence-corrected chi connectivity index (χ1v) is 7.51. The number of rotatable bonds is 4. The number of hydrogen-bond acceptors (Lipinski definition) is 3. The third kappa shape index (κ3) is 4.31. The van der Waals surface area contributed by atoms with Gasteiger partial charge in [-0.25, -0.2) is 0 Å². The third-order valence-corrected chi connectivity index (χ3v) is 4.22. The molecule has 0 saturated carbocycles. The van der Waals surface area contributed by atoms with E-state index in [-0.39, 0.29) is 18.3 Å². The summed E-state index contributed by atoms with van der Waals surface area (Å²) in [5.74, 6) is 0.0675. The topological polar surface area (TPSA) is 50.4 Å². The number of nitrogens with one attached hydrogen (secondary N) is 2. The van der Waals surface area contributed by atoms with Gasteiger partial charge in [-0.2, -0.15) is 0 Å². The molecule has 1 aromatic rings. The molecule has 1 aromatic carbocycles. The molecule has 0 radical (unpaired) electrons. The number of halogens is 2. The van der Waals surface area contributed by atoms with E-state index in [0.717, 1.165) is 35.2 Å². The molecule has 0 bridgehead atoms. The molecule has 0 aromatic heterocycles. The van der Waals surface area contributed by atoms with Gasteiger partial charge in [0.05, 0.1) is 12.0 Å². The maximum Gasteiger partial charge on any atom is 0.233 e. The van der Waals surface area contributed by atoms with Gasteiger partial charge in [0.25, 0.3) is 0 Å². The SMILES string of the molecule is COCC1(C(=O)Nc2cccc(I)c2)CCNCC1.Cl. The smallest absolute Gasteiger partial charge is 0.233 e. The Morgan fingerprint density at radius 3 is 2.75 bits per heavy atom. The summed E-state index contributed by atoms with van der Waals surface area (Å²) in [5.41, 5.74) is 0.451. The van der Waals surface area contributed by atoms with Crippen LogP contribution in [0.1, 0.15) is 12.8 Å². The van der Waals surface area contributed by atoms with E-state index in [9.17, 15) is 4.79 Å². The maximum atomic E-state index is 12.6. The molecule has 0 aliphatic carbocycles. The van der Waals surface area contributed by atoms with E-state index in [1.807, 2.05) is 24.3 Å². The van der Waals surface area contributed by atoms with Crippen molar-refractivity contribution in [2.24, 2.45) is 5.41 Å². The zero-order chi connectivity index (χ0) is 13.7. The van der Waals surface area contributed by atoms with Gasteiger partial charge in [-0.1, -0.05) is 6.07 Å². The molecule has 0 unspecified atom stereocenters. The molecular weight excluding hydrogens is 391 g/mol. The largest absolute Gasteiger partial charge is 0.384 e. The molecule has 1 heterocycles. The minimum atomic E-state index is -0.402. The van der Waals surface area contributed by atoms with Crippen LogP contribution in [0.5, 0.6) is 0 Å². The van der Waals surface area contributed by atoms with Gasteiger partial charge in [0.2, 0.25) is 5.91 Å². The average molecular weight is 411 g/mol. The van der Waals surface area contributed by atoms with E-state index >= 15 is 0 Å². The number of amides is 1. The van der Waals surface area contributed by atoms with Crippen molar-refractivity contribution in [1.82, 2.24) is 5.32 Å². The second-order valence-electron chi connectivity index (χ2n) is 4.93. The Bertz CT molecular complexity index is 445. The van der Waals surface area contributed by atoms with Crippen molar-refractivity contribution in [1.29, 1.82) is 0 Å². The van der Waals surface area contributed by atoms with Crippen molar-refractivity contribution in [3.05, 3.63) is 27.8 Å². The predicted molar refractivity (Wildman–Crippen MR) is 91.4 cm³/mol. The van der Waals surface area contributed by atoms with Crippen LogP contribution in [0.4, 0.5) is 5.69 Å². The monoisotopic (exact) mass is 410 g/mol. The minimum Gasteiger partial charge on any atom is -0.384 e. The van der Waals surface area contributed by atoms with Crippen LogP contribution in [0.2, 0.25) is 0 Å². The Morgan fingerprint density at radius 1 is 1.45 bits per heavy atom. The summed E-state index contributed by atoms with van der Waals surface area (Å²) >= 11 is 2.24. The van der Waals surface area contributed by atoms with Crippen molar-refractivity contribution in [2.45, 2.75) is 12.8 Å². The summed E-state index contributed by atoms with van der Waals surface area (Å²) < 4.78 is 6.39. The molecule has 0 atom stereocenters. The van der Waals surface area contributed by atoms with E-state index in [1.54, 1.807) is 7.11 Å². The summed E-state index contributed by atoms with van der Waals surface area (Å²) in [5, 5.41) is 6.32. The molecule has 1 amide bonds. The summed E-state index contributed by atoms with van der Waals surface area (Å²) in [6, 6.07) is 7.84. The highest BCUT2D eigenvalue weighted by Gasteiger charge is 2.39. The van der Waals surface area contributed by atoms with Crippen LogP contribution in [0.3, 0.4) is 0 Å². The number of benzene rings is 1. The van der Waals surface area contributed by atoms with E-state index in [4.69, 9.17) is 4.74 Å². The zero-order valence-corrected chi connectivity index (χ0v) is 14.4. The molecule has 4 nitrogen and oxygen atoms in total. The lowest BCUT2D eigenvalue weighted by Crippen LogP contribution is -2.47. The lowest BCUT2D eigenvalue weighted by Gasteiger charge is -2.35. The van der Waals surface area contributed by atoms with E-state index in [1.165, 1.54) is 0 Å². The highest BCUT2D eigenvalue weighted by Crippen LogP contribution is 2.31. The molecule has 1 aliphatic rings. The van der Waals surface area contributed by atoms with Crippen molar-refractivity contribution >= 4 is 46.6 Å². The summed E-state index contributed by atoms with van der Waals surface area (Å²) in [7, 11) is 1.66. The second kappa shape index (κ2) is 8.17. The van der Waals surface area contributed by atoms with E-state index in [0.29, 0.717) is 6.61 Å². The Balaban J connectivity index is 0.00000200. The van der Waals surface area contributed by atoms with Gasteiger partial charge in [-0.15, -0.1) is 12.4 Å². The number of carbonyl (C=O) groups excluding carboxylic acids is 1. The molecular formula is C14H20ClIN2O2. The van der Waals surface area contributed by atoms with Crippen LogP contribution >= 0.6 is 35.0 Å². The zero-order valence-electron chi connectivity index (χ0n) is 11.4. The number of anilines is 1. The van der Waals surface area contributed by atoms with Gasteiger partial charge < -0.3 is 15.4 Å². The van der Waals surface area contributed by atoms with Crippen molar-refractivity contribution in [2.75, 3.05) is 32.1 Å². The summed E-state index contributed by atoms with van der Waals surface area (Å²) in [6.45, 7) is 2.21. The lowest BCUT2D eigenvalue weighted by atomic mass is 9.78. The molecule has 1 aliphatic heterocycles. The Kier molecular flexibility index (Phi) is 7.22. The van der Waals surface area contributed by atoms with Crippen LogP contribution in [-0.2, 0) is 9.53 Å². The van der Waals surface area contributed by atoms with Gasteiger partial charge in [0, 0.05) is 16.4 Å². The van der Waals surface area contributed by atoms with Crippen LogP contribution in [0, 0.1) is 8.99 Å². The highest BCUT2D eigenvalue weighted by atomic mass is 127. The number of methoxy groups -OCH3 is 1. The molecule has 2 rings (SSSR count). The van der Waals surface area contributed by atoms with Gasteiger partial charge in [0.1, 0.15) is 0 Å². The third-order valence-electron chi connectivity index (χ3n) is 3.55. The van der Waals surface area contributed by atoms with Crippen molar-refractivity contribution in [3.63, 3.8) is 0 Å². The van der Waals surface area contributed by atoms with Gasteiger partial charge in [0.15, 0.2) is 0 Å². The van der Waals surface area contributed by atoms with Crippen molar-refractivity contribution < 1.29 is 9.53 Å². The van der Waals surface area contributed by atoms with Crippen LogP contribution in [0.15, 0.2) is 24.3 Å². The number of hydrogen-bond donors (Lipinski definition) is 2. The Labute approximate surface area is 139 Å². The molecule has 20 heavy (non-hydrogen) atoms. The van der Waals surface area contributed by atoms with Crippen LogP contribution < -0.4 is 10.6 Å². The lowest BCUT2D eigenvalue weighted by molar-refractivity contribution is -0.130. The van der Waals surface area contributed by atoms with E-state index < -0.39 is 5.41 Å². The first-order valence-electron chi connectivity index (χ1n) is 6.43. The van der Waals surface area contributed by atoms with Crippen LogP contribution in [0.25, 0.3) is 0 Å². The van der Waals surface area contributed by atoms with Gasteiger partial charge in [-0.05, 0) is 66.7 Å². The molecule has 6 heteroatoms. The second-order valence-corrected chi connectivity index (χ2v) is 6.17. The quantitative estimate of drug-likeness (QED) is 0.751. The minimum absolute atomic E-state index is 0. The fourth-order valence-corrected chi connectivity index (χ4v) is 2.99.